The predicted molar refractivity (Wildman–Crippen MR) is 56.7 cm³/mol. The number of alkyl halides is 3. The minimum Gasteiger partial charge on any atom is -0.491 e. The number of carbonyl (C=O) groups is 1. The lowest BCUT2D eigenvalue weighted by molar-refractivity contribution is -0.276. The minimum atomic E-state index is -4.93. The van der Waals surface area contributed by atoms with Gasteiger partial charge >= 0.3 is 12.3 Å². The second-order valence-corrected chi connectivity index (χ2v) is 3.42. The van der Waals surface area contributed by atoms with E-state index in [2.05, 4.69) is 9.72 Å². The number of halogens is 3. The van der Waals surface area contributed by atoms with Gasteiger partial charge < -0.3 is 20.3 Å². The van der Waals surface area contributed by atoms with Crippen LogP contribution in [0.1, 0.15) is 11.3 Å². The Morgan fingerprint density at radius 1 is 1.53 bits per heavy atom. The van der Waals surface area contributed by atoms with Crippen molar-refractivity contribution in [2.75, 3.05) is 7.11 Å². The lowest BCUT2D eigenvalue weighted by atomic mass is 10.1. The van der Waals surface area contributed by atoms with Crippen LogP contribution in [0.25, 0.3) is 0 Å². The third-order valence-corrected chi connectivity index (χ3v) is 2.09. The molecule has 1 heterocycles. The average molecular weight is 280 g/mol. The fraction of sp³-hybridized carbons (Fsp3) is 0.400. The zero-order valence-electron chi connectivity index (χ0n) is 9.82. The number of pyridine rings is 1. The van der Waals surface area contributed by atoms with Crippen LogP contribution >= 0.6 is 0 Å². The van der Waals surface area contributed by atoms with E-state index in [0.29, 0.717) is 0 Å². The second kappa shape index (κ2) is 5.74. The summed E-state index contributed by atoms with van der Waals surface area (Å²) < 4.78 is 44.9. The lowest BCUT2D eigenvalue weighted by Gasteiger charge is -2.14. The molecule has 0 atom stereocenters. The van der Waals surface area contributed by atoms with Crippen LogP contribution in [-0.4, -0.2) is 29.5 Å². The molecular formula is C10H11F3N2O4. The Morgan fingerprint density at radius 2 is 2.16 bits per heavy atom. The average Bonchev–Trinajstić information content (AvgIpc) is 2.27. The van der Waals surface area contributed by atoms with E-state index in [-0.39, 0.29) is 23.6 Å². The Hall–Kier alpha value is -2.03. The highest BCUT2D eigenvalue weighted by Crippen LogP contribution is 2.32. The molecule has 1 aromatic heterocycles. The molecule has 0 saturated carbocycles. The first-order valence-corrected chi connectivity index (χ1v) is 5.01. The van der Waals surface area contributed by atoms with Crippen LogP contribution in [-0.2, 0) is 17.8 Å². The summed E-state index contributed by atoms with van der Waals surface area (Å²) in [6.45, 7) is -0.221. The van der Waals surface area contributed by atoms with E-state index < -0.39 is 24.6 Å². The van der Waals surface area contributed by atoms with Crippen molar-refractivity contribution < 1.29 is 32.5 Å². The van der Waals surface area contributed by atoms with Crippen molar-refractivity contribution in [1.82, 2.24) is 4.98 Å². The maximum absolute atomic E-state index is 12.2. The molecule has 6 nitrogen and oxygen atoms in total. The first kappa shape index (κ1) is 15.0. The SMILES string of the molecule is COc1cc(CC(=O)O)c(CN)nc1OC(F)(F)F. The van der Waals surface area contributed by atoms with Crippen molar-refractivity contribution >= 4 is 5.97 Å². The van der Waals surface area contributed by atoms with Crippen LogP contribution in [0.5, 0.6) is 11.6 Å². The van der Waals surface area contributed by atoms with Gasteiger partial charge in [-0.05, 0) is 11.6 Å². The molecule has 106 valence electrons. The molecule has 0 unspecified atom stereocenters. The maximum Gasteiger partial charge on any atom is 0.574 e. The number of nitrogens with two attached hydrogens (primary N) is 1. The van der Waals surface area contributed by atoms with Gasteiger partial charge in [-0.25, -0.2) is 4.98 Å². The van der Waals surface area contributed by atoms with E-state index in [1.54, 1.807) is 0 Å². The predicted octanol–water partition coefficient (Wildman–Crippen LogP) is 1.07. The van der Waals surface area contributed by atoms with Gasteiger partial charge in [-0.15, -0.1) is 13.2 Å². The van der Waals surface area contributed by atoms with Gasteiger partial charge in [0, 0.05) is 6.54 Å². The summed E-state index contributed by atoms with van der Waals surface area (Å²) in [5.41, 5.74) is 5.49. The molecule has 1 aromatic rings. The van der Waals surface area contributed by atoms with Crippen molar-refractivity contribution in [3.8, 4) is 11.6 Å². The van der Waals surface area contributed by atoms with Gasteiger partial charge in [0.2, 0.25) is 0 Å². The number of methoxy groups -OCH3 is 1. The molecule has 3 N–H and O–H groups in total. The lowest BCUT2D eigenvalue weighted by Crippen LogP contribution is -2.20. The van der Waals surface area contributed by atoms with Crippen molar-refractivity contribution in [3.05, 3.63) is 17.3 Å². The Bertz CT molecular complexity index is 477. The first-order valence-electron chi connectivity index (χ1n) is 5.01. The molecule has 1 rings (SSSR count). The summed E-state index contributed by atoms with van der Waals surface area (Å²) in [6.07, 6.45) is -5.36. The van der Waals surface area contributed by atoms with E-state index in [1.807, 2.05) is 0 Å². The number of carboxylic acid groups (broad SMARTS) is 1. The van der Waals surface area contributed by atoms with Gasteiger partial charge in [-0.2, -0.15) is 0 Å². The quantitative estimate of drug-likeness (QED) is 0.838. The van der Waals surface area contributed by atoms with Crippen LogP contribution in [0, 0.1) is 0 Å². The second-order valence-electron chi connectivity index (χ2n) is 3.42. The highest BCUT2D eigenvalue weighted by molar-refractivity contribution is 5.71. The fourth-order valence-corrected chi connectivity index (χ4v) is 1.37. The Balaban J connectivity index is 3.22. The van der Waals surface area contributed by atoms with Crippen molar-refractivity contribution in [2.45, 2.75) is 19.3 Å². The van der Waals surface area contributed by atoms with Gasteiger partial charge in [0.05, 0.1) is 19.2 Å². The minimum absolute atomic E-state index is 0.00227. The number of carboxylic acids is 1. The zero-order valence-corrected chi connectivity index (χ0v) is 9.82. The molecule has 0 radical (unpaired) electrons. The first-order chi connectivity index (χ1) is 8.76. The highest BCUT2D eigenvalue weighted by atomic mass is 19.4. The fourth-order valence-electron chi connectivity index (χ4n) is 1.37. The van der Waals surface area contributed by atoms with Gasteiger partial charge in [0.25, 0.3) is 5.88 Å². The number of nitrogens with zero attached hydrogens (tertiary/aromatic N) is 1. The number of aliphatic carboxylic acids is 1. The van der Waals surface area contributed by atoms with Gasteiger partial charge in [0.1, 0.15) is 0 Å². The summed E-state index contributed by atoms with van der Waals surface area (Å²) in [7, 11) is 1.12. The normalized spacial score (nSPS) is 11.2. The summed E-state index contributed by atoms with van der Waals surface area (Å²) in [5, 5.41) is 8.69. The van der Waals surface area contributed by atoms with Crippen LogP contribution < -0.4 is 15.2 Å². The van der Waals surface area contributed by atoms with E-state index in [0.717, 1.165) is 13.2 Å². The molecule has 0 aliphatic rings. The van der Waals surface area contributed by atoms with Crippen molar-refractivity contribution in [1.29, 1.82) is 0 Å². The third-order valence-electron chi connectivity index (χ3n) is 2.09. The maximum atomic E-state index is 12.2. The monoisotopic (exact) mass is 280 g/mol. The summed E-state index contributed by atoms with van der Waals surface area (Å²) in [5.74, 6) is -2.28. The molecule has 0 bridgehead atoms. The largest absolute Gasteiger partial charge is 0.574 e. The molecule has 19 heavy (non-hydrogen) atoms. The number of rotatable bonds is 5. The van der Waals surface area contributed by atoms with Crippen molar-refractivity contribution in [2.24, 2.45) is 5.73 Å². The molecule has 0 spiro atoms. The molecule has 0 saturated heterocycles. The standard InChI is InChI=1S/C10H11F3N2O4/c1-18-7-2-5(3-8(16)17)6(4-14)15-9(7)19-10(11,12)13/h2H,3-4,14H2,1H3,(H,16,17). The molecule has 0 amide bonds. The van der Waals surface area contributed by atoms with Crippen LogP contribution in [0.4, 0.5) is 13.2 Å². The number of hydrogen-bond donors (Lipinski definition) is 2. The van der Waals surface area contributed by atoms with Crippen LogP contribution in [0.3, 0.4) is 0 Å². The molecule has 0 fully saturated rings. The number of hydrogen-bond acceptors (Lipinski definition) is 5. The van der Waals surface area contributed by atoms with Crippen LogP contribution in [0.15, 0.2) is 6.07 Å². The van der Waals surface area contributed by atoms with Crippen LogP contribution in [0.2, 0.25) is 0 Å². The smallest absolute Gasteiger partial charge is 0.491 e. The third kappa shape index (κ3) is 4.28. The van der Waals surface area contributed by atoms with E-state index >= 15 is 0 Å². The van der Waals surface area contributed by atoms with Gasteiger partial charge in [-0.3, -0.25) is 4.79 Å². The molecule has 0 aliphatic carbocycles. The molecule has 0 aromatic carbocycles. The molecule has 9 heteroatoms. The van der Waals surface area contributed by atoms with E-state index in [1.165, 1.54) is 0 Å². The highest BCUT2D eigenvalue weighted by Gasteiger charge is 2.33. The van der Waals surface area contributed by atoms with E-state index in [9.17, 15) is 18.0 Å². The summed E-state index contributed by atoms with van der Waals surface area (Å²) >= 11 is 0. The zero-order chi connectivity index (χ0) is 14.6. The van der Waals surface area contributed by atoms with Crippen molar-refractivity contribution in [3.63, 3.8) is 0 Å². The molecule has 0 aliphatic heterocycles. The number of aromatic nitrogens is 1. The topological polar surface area (TPSA) is 94.7 Å². The number of ether oxygens (including phenoxy) is 2. The van der Waals surface area contributed by atoms with Gasteiger partial charge in [0.15, 0.2) is 5.75 Å². The summed E-state index contributed by atoms with van der Waals surface area (Å²) in [4.78, 5) is 14.2. The summed E-state index contributed by atoms with van der Waals surface area (Å²) in [6, 6.07) is 1.12. The van der Waals surface area contributed by atoms with Gasteiger partial charge in [-0.1, -0.05) is 0 Å². The Kier molecular flexibility index (Phi) is 4.54. The van der Waals surface area contributed by atoms with E-state index in [4.69, 9.17) is 15.6 Å². The molecular weight excluding hydrogens is 269 g/mol. The Morgan fingerprint density at radius 3 is 2.58 bits per heavy atom. The Labute approximate surface area is 105 Å².